The lowest BCUT2D eigenvalue weighted by Crippen LogP contribution is -2.58. The van der Waals surface area contributed by atoms with E-state index in [4.69, 9.17) is 4.74 Å². The first-order chi connectivity index (χ1) is 7.58. The van der Waals surface area contributed by atoms with Gasteiger partial charge in [-0.2, -0.15) is 0 Å². The van der Waals surface area contributed by atoms with Crippen LogP contribution in [0.15, 0.2) is 0 Å². The zero-order valence-corrected chi connectivity index (χ0v) is 11.1. The highest BCUT2D eigenvalue weighted by atomic mass is 16.5. The molecule has 0 spiro atoms. The molecule has 0 aliphatic carbocycles. The minimum absolute atomic E-state index is 0.271. The number of ether oxygens (including phenoxy) is 1. The largest absolute Gasteiger partial charge is 0.377 e. The predicted molar refractivity (Wildman–Crippen MR) is 66.6 cm³/mol. The molecule has 0 aromatic heterocycles. The zero-order valence-electron chi connectivity index (χ0n) is 11.1. The first-order valence-electron chi connectivity index (χ1n) is 6.62. The second-order valence-electron chi connectivity index (χ2n) is 5.73. The summed E-state index contributed by atoms with van der Waals surface area (Å²) < 4.78 is 5.75. The Kier molecular flexibility index (Phi) is 3.57. The van der Waals surface area contributed by atoms with Crippen LogP contribution in [0, 0.1) is 5.92 Å². The summed E-state index contributed by atoms with van der Waals surface area (Å²) in [4.78, 5) is 2.66. The van der Waals surface area contributed by atoms with Crippen molar-refractivity contribution in [2.24, 2.45) is 5.92 Å². The normalized spacial score (nSPS) is 46.1. The molecule has 3 heteroatoms. The summed E-state index contributed by atoms with van der Waals surface area (Å²) >= 11 is 0. The van der Waals surface area contributed by atoms with Gasteiger partial charge in [-0.05, 0) is 39.7 Å². The van der Waals surface area contributed by atoms with E-state index < -0.39 is 0 Å². The van der Waals surface area contributed by atoms with Crippen LogP contribution in [0.25, 0.3) is 0 Å². The fraction of sp³-hybridized carbons (Fsp3) is 1.00. The molecule has 94 valence electrons. The maximum atomic E-state index is 5.75. The summed E-state index contributed by atoms with van der Waals surface area (Å²) in [7, 11) is 2.08. The fourth-order valence-electron chi connectivity index (χ4n) is 3.28. The van der Waals surface area contributed by atoms with E-state index in [-0.39, 0.29) is 5.54 Å². The quantitative estimate of drug-likeness (QED) is 0.772. The van der Waals surface area contributed by atoms with Crippen molar-refractivity contribution in [3.8, 4) is 0 Å². The lowest BCUT2D eigenvalue weighted by molar-refractivity contribution is -0.00684. The van der Waals surface area contributed by atoms with Crippen molar-refractivity contribution in [1.82, 2.24) is 10.2 Å². The average Bonchev–Trinajstić information content (AvgIpc) is 2.60. The highest BCUT2D eigenvalue weighted by Gasteiger charge is 2.44. The molecular weight excluding hydrogens is 200 g/mol. The van der Waals surface area contributed by atoms with Crippen molar-refractivity contribution in [3.63, 3.8) is 0 Å². The molecule has 0 aromatic carbocycles. The third-order valence-electron chi connectivity index (χ3n) is 4.85. The minimum Gasteiger partial charge on any atom is -0.377 e. The Balaban J connectivity index is 2.01. The molecule has 0 aromatic rings. The lowest BCUT2D eigenvalue weighted by atomic mass is 9.86. The second kappa shape index (κ2) is 4.63. The summed E-state index contributed by atoms with van der Waals surface area (Å²) in [6, 6.07) is 0.692. The van der Waals surface area contributed by atoms with Crippen LogP contribution in [0.4, 0.5) is 0 Å². The van der Waals surface area contributed by atoms with E-state index in [1.807, 2.05) is 0 Å². The van der Waals surface area contributed by atoms with Gasteiger partial charge in [0.2, 0.25) is 0 Å². The molecule has 0 bridgehead atoms. The Morgan fingerprint density at radius 1 is 1.38 bits per heavy atom. The molecule has 4 atom stereocenters. The number of nitrogens with zero attached hydrogens (tertiary/aromatic N) is 1. The van der Waals surface area contributed by atoms with Crippen molar-refractivity contribution in [1.29, 1.82) is 0 Å². The molecule has 3 nitrogen and oxygen atoms in total. The smallest absolute Gasteiger partial charge is 0.0728 e. The van der Waals surface area contributed by atoms with Crippen LogP contribution in [-0.2, 0) is 4.74 Å². The summed E-state index contributed by atoms with van der Waals surface area (Å²) in [6.45, 7) is 10.3. The Bertz CT molecular complexity index is 246. The van der Waals surface area contributed by atoms with Gasteiger partial charge in [-0.25, -0.2) is 0 Å². The van der Waals surface area contributed by atoms with Gasteiger partial charge in [0.25, 0.3) is 0 Å². The van der Waals surface area contributed by atoms with Crippen molar-refractivity contribution in [3.05, 3.63) is 0 Å². The highest BCUT2D eigenvalue weighted by molar-refractivity contribution is 4.98. The van der Waals surface area contributed by atoms with E-state index >= 15 is 0 Å². The Morgan fingerprint density at radius 3 is 2.62 bits per heavy atom. The van der Waals surface area contributed by atoms with E-state index in [2.05, 4.69) is 38.0 Å². The van der Waals surface area contributed by atoms with Crippen LogP contribution in [0.3, 0.4) is 0 Å². The molecule has 16 heavy (non-hydrogen) atoms. The van der Waals surface area contributed by atoms with Crippen molar-refractivity contribution in [2.75, 3.05) is 26.7 Å². The number of piperidine rings is 1. The fourth-order valence-corrected chi connectivity index (χ4v) is 3.28. The van der Waals surface area contributed by atoms with Gasteiger partial charge < -0.3 is 10.1 Å². The third-order valence-corrected chi connectivity index (χ3v) is 4.85. The third kappa shape index (κ3) is 2.01. The van der Waals surface area contributed by atoms with E-state index in [9.17, 15) is 0 Å². The van der Waals surface area contributed by atoms with Crippen LogP contribution in [0.2, 0.25) is 0 Å². The van der Waals surface area contributed by atoms with Crippen LogP contribution in [0.1, 0.15) is 33.6 Å². The van der Waals surface area contributed by atoms with Crippen molar-refractivity contribution < 1.29 is 4.74 Å². The molecular formula is C13H26N2O. The molecule has 1 N–H and O–H groups in total. The van der Waals surface area contributed by atoms with Gasteiger partial charge in [-0.15, -0.1) is 0 Å². The number of hydrogen-bond acceptors (Lipinski definition) is 3. The van der Waals surface area contributed by atoms with E-state index in [0.29, 0.717) is 12.1 Å². The second-order valence-corrected chi connectivity index (χ2v) is 5.73. The average molecular weight is 226 g/mol. The lowest BCUT2D eigenvalue weighted by Gasteiger charge is -2.46. The number of hydrogen-bond donors (Lipinski definition) is 1. The first-order valence-corrected chi connectivity index (χ1v) is 6.62. The van der Waals surface area contributed by atoms with Gasteiger partial charge in [-0.3, -0.25) is 4.90 Å². The van der Waals surface area contributed by atoms with Crippen LogP contribution in [0.5, 0.6) is 0 Å². The monoisotopic (exact) mass is 226 g/mol. The molecule has 2 aliphatic rings. The van der Waals surface area contributed by atoms with Gasteiger partial charge in [0.1, 0.15) is 0 Å². The van der Waals surface area contributed by atoms with Gasteiger partial charge in [0, 0.05) is 31.3 Å². The van der Waals surface area contributed by atoms with E-state index in [1.54, 1.807) is 0 Å². The van der Waals surface area contributed by atoms with E-state index in [1.165, 1.54) is 25.9 Å². The van der Waals surface area contributed by atoms with Crippen molar-refractivity contribution in [2.45, 2.75) is 51.3 Å². The number of rotatable bonds is 2. The minimum atomic E-state index is 0.271. The maximum Gasteiger partial charge on any atom is 0.0728 e. The first kappa shape index (κ1) is 12.3. The standard InChI is InChI=1S/C13H26N2O/c1-10-9-15(7-5-12(10)14-4)13(3)6-8-16-11(13)2/h10-12,14H,5-9H2,1-4H3. The number of nitrogens with one attached hydrogen (secondary N) is 1. The van der Waals surface area contributed by atoms with Crippen LogP contribution in [-0.4, -0.2) is 49.3 Å². The number of likely N-dealkylation sites (tertiary alicyclic amines) is 1. The summed E-state index contributed by atoms with van der Waals surface area (Å²) in [5, 5.41) is 3.43. The van der Waals surface area contributed by atoms with Gasteiger partial charge in [0.15, 0.2) is 0 Å². The molecule has 2 heterocycles. The zero-order chi connectivity index (χ0) is 11.8. The van der Waals surface area contributed by atoms with Crippen molar-refractivity contribution >= 4 is 0 Å². The van der Waals surface area contributed by atoms with E-state index in [0.717, 1.165) is 12.5 Å². The van der Waals surface area contributed by atoms with Crippen LogP contribution < -0.4 is 5.32 Å². The molecule has 0 radical (unpaired) electrons. The molecule has 0 saturated carbocycles. The summed E-state index contributed by atoms with van der Waals surface area (Å²) in [5.41, 5.74) is 0.271. The Morgan fingerprint density at radius 2 is 2.12 bits per heavy atom. The highest BCUT2D eigenvalue weighted by Crippen LogP contribution is 2.34. The Hall–Kier alpha value is -0.120. The molecule has 4 unspecified atom stereocenters. The van der Waals surface area contributed by atoms with Gasteiger partial charge in [0.05, 0.1) is 6.10 Å². The molecule has 2 aliphatic heterocycles. The molecule has 2 rings (SSSR count). The van der Waals surface area contributed by atoms with Crippen LogP contribution >= 0.6 is 0 Å². The SMILES string of the molecule is CNC1CCN(C2(C)CCOC2C)CC1C. The predicted octanol–water partition coefficient (Wildman–Crippen LogP) is 1.48. The maximum absolute atomic E-state index is 5.75. The summed E-state index contributed by atoms with van der Waals surface area (Å²) in [5.74, 6) is 0.739. The summed E-state index contributed by atoms with van der Waals surface area (Å²) in [6.07, 6.45) is 2.83. The molecule has 2 fully saturated rings. The molecule has 0 amide bonds. The topological polar surface area (TPSA) is 24.5 Å². The molecule has 2 saturated heterocycles. The van der Waals surface area contributed by atoms with Gasteiger partial charge in [-0.1, -0.05) is 6.92 Å². The van der Waals surface area contributed by atoms with Gasteiger partial charge >= 0.3 is 0 Å². The Labute approximate surface area is 99.5 Å².